The van der Waals surface area contributed by atoms with Gasteiger partial charge in [0.1, 0.15) is 0 Å². The molecule has 0 radical (unpaired) electrons. The molecule has 8 nitrogen and oxygen atoms in total. The van der Waals surface area contributed by atoms with Crippen LogP contribution in [0.25, 0.3) is 0 Å². The standard InChI is InChI=1S/C18H22F3N3O5S/c19-18(20,21)14-2-1-3-16(12-14)30(26,27)24-6-4-15(5-7-24)22-29-13-17(25)23-8-10-28-11-9-23/h1-3,12H,4-11,13H2. The lowest BCUT2D eigenvalue weighted by Crippen LogP contribution is -2.42. The molecule has 0 N–H and O–H groups in total. The first-order chi connectivity index (χ1) is 14.2. The molecule has 30 heavy (non-hydrogen) atoms. The van der Waals surface area contributed by atoms with Gasteiger partial charge >= 0.3 is 6.18 Å². The summed E-state index contributed by atoms with van der Waals surface area (Å²) in [6, 6.07) is 3.69. The number of alkyl halides is 3. The lowest BCUT2D eigenvalue weighted by Gasteiger charge is -2.27. The van der Waals surface area contributed by atoms with Gasteiger partial charge in [0, 0.05) is 39.0 Å². The van der Waals surface area contributed by atoms with Crippen LogP contribution in [0, 0.1) is 0 Å². The molecular weight excluding hydrogens is 427 g/mol. The van der Waals surface area contributed by atoms with Gasteiger partial charge in [-0.3, -0.25) is 4.79 Å². The zero-order valence-corrected chi connectivity index (χ0v) is 16.9. The fourth-order valence-electron chi connectivity index (χ4n) is 3.14. The number of piperidine rings is 1. The number of carbonyl (C=O) groups is 1. The molecule has 0 atom stereocenters. The van der Waals surface area contributed by atoms with Gasteiger partial charge in [-0.25, -0.2) is 8.42 Å². The van der Waals surface area contributed by atoms with Gasteiger partial charge in [0.25, 0.3) is 5.91 Å². The van der Waals surface area contributed by atoms with Gasteiger partial charge in [-0.05, 0) is 18.2 Å². The summed E-state index contributed by atoms with van der Waals surface area (Å²) in [7, 11) is -4.05. The molecule has 1 amide bonds. The van der Waals surface area contributed by atoms with E-state index in [1.807, 2.05) is 0 Å². The second kappa shape index (κ2) is 9.31. The Balaban J connectivity index is 1.54. The fourth-order valence-corrected chi connectivity index (χ4v) is 4.63. The zero-order valence-electron chi connectivity index (χ0n) is 16.1. The number of amides is 1. The highest BCUT2D eigenvalue weighted by Gasteiger charge is 2.33. The molecule has 1 aromatic rings. The van der Waals surface area contributed by atoms with Gasteiger partial charge in [0.15, 0.2) is 6.61 Å². The average molecular weight is 449 g/mol. The second-order valence-corrected chi connectivity index (χ2v) is 8.79. The summed E-state index contributed by atoms with van der Waals surface area (Å²) in [5.41, 5.74) is -0.415. The third-order valence-corrected chi connectivity index (χ3v) is 6.74. The van der Waals surface area contributed by atoms with Gasteiger partial charge in [-0.1, -0.05) is 11.2 Å². The van der Waals surface area contributed by atoms with E-state index in [-0.39, 0.29) is 38.4 Å². The Hall–Kier alpha value is -2.18. The van der Waals surface area contributed by atoms with Crippen molar-refractivity contribution in [3.8, 4) is 0 Å². The Morgan fingerprint density at radius 3 is 2.43 bits per heavy atom. The summed E-state index contributed by atoms with van der Waals surface area (Å²) in [5, 5.41) is 3.92. The summed E-state index contributed by atoms with van der Waals surface area (Å²) in [4.78, 5) is 18.3. The molecule has 0 bridgehead atoms. The van der Waals surface area contributed by atoms with Crippen LogP contribution in [0.1, 0.15) is 18.4 Å². The average Bonchev–Trinajstić information content (AvgIpc) is 2.74. The lowest BCUT2D eigenvalue weighted by molar-refractivity contribution is -0.140. The molecule has 2 aliphatic rings. The Bertz CT molecular complexity index is 889. The van der Waals surface area contributed by atoms with Crippen LogP contribution in [0.3, 0.4) is 0 Å². The van der Waals surface area contributed by atoms with Crippen LogP contribution in [0.2, 0.25) is 0 Å². The van der Waals surface area contributed by atoms with E-state index in [2.05, 4.69) is 5.16 Å². The minimum atomic E-state index is -4.62. The molecule has 2 aliphatic heterocycles. The molecule has 0 saturated carbocycles. The second-order valence-electron chi connectivity index (χ2n) is 6.85. The topological polar surface area (TPSA) is 88.5 Å². The number of hydrogen-bond donors (Lipinski definition) is 0. The van der Waals surface area contributed by atoms with Crippen molar-refractivity contribution in [2.24, 2.45) is 5.16 Å². The summed E-state index contributed by atoms with van der Waals surface area (Å²) < 4.78 is 70.3. The van der Waals surface area contributed by atoms with E-state index in [0.29, 0.717) is 38.1 Å². The summed E-state index contributed by atoms with van der Waals surface area (Å²) in [6.07, 6.45) is -4.09. The molecule has 3 rings (SSSR count). The van der Waals surface area contributed by atoms with Gasteiger partial charge in [0.2, 0.25) is 10.0 Å². The molecule has 2 fully saturated rings. The first kappa shape index (κ1) is 22.5. The predicted molar refractivity (Wildman–Crippen MR) is 100 cm³/mol. The van der Waals surface area contributed by atoms with E-state index in [9.17, 15) is 26.4 Å². The van der Waals surface area contributed by atoms with Crippen LogP contribution >= 0.6 is 0 Å². The maximum atomic E-state index is 12.9. The molecule has 2 heterocycles. The van der Waals surface area contributed by atoms with E-state index in [4.69, 9.17) is 9.57 Å². The van der Waals surface area contributed by atoms with Crippen molar-refractivity contribution in [2.45, 2.75) is 23.9 Å². The van der Waals surface area contributed by atoms with Crippen LogP contribution in [-0.4, -0.2) is 75.2 Å². The van der Waals surface area contributed by atoms with E-state index in [1.165, 1.54) is 0 Å². The van der Waals surface area contributed by atoms with Gasteiger partial charge in [-0.2, -0.15) is 17.5 Å². The molecular formula is C18H22F3N3O5S. The molecule has 0 unspecified atom stereocenters. The lowest BCUT2D eigenvalue weighted by atomic mass is 10.1. The van der Waals surface area contributed by atoms with Crippen molar-refractivity contribution >= 4 is 21.6 Å². The Morgan fingerprint density at radius 2 is 1.80 bits per heavy atom. The number of nitrogens with zero attached hydrogens (tertiary/aromatic N) is 3. The monoisotopic (exact) mass is 449 g/mol. The quantitative estimate of drug-likeness (QED) is 0.639. The number of carbonyl (C=O) groups excluding carboxylic acids is 1. The normalized spacial score (nSPS) is 18.9. The molecule has 2 saturated heterocycles. The number of ether oxygens (including phenoxy) is 1. The smallest absolute Gasteiger partial charge is 0.386 e. The van der Waals surface area contributed by atoms with Crippen molar-refractivity contribution < 1.29 is 36.0 Å². The van der Waals surface area contributed by atoms with E-state index in [1.54, 1.807) is 4.90 Å². The molecule has 0 aliphatic carbocycles. The van der Waals surface area contributed by atoms with Crippen molar-refractivity contribution in [1.82, 2.24) is 9.21 Å². The van der Waals surface area contributed by atoms with Crippen LogP contribution in [0.5, 0.6) is 0 Å². The molecule has 166 valence electrons. The van der Waals surface area contributed by atoms with Crippen LogP contribution in [0.15, 0.2) is 34.3 Å². The predicted octanol–water partition coefficient (Wildman–Crippen LogP) is 1.72. The highest BCUT2D eigenvalue weighted by molar-refractivity contribution is 7.89. The maximum Gasteiger partial charge on any atom is 0.416 e. The van der Waals surface area contributed by atoms with E-state index >= 15 is 0 Å². The fraction of sp³-hybridized carbons (Fsp3) is 0.556. The molecule has 1 aromatic carbocycles. The van der Waals surface area contributed by atoms with Crippen LogP contribution in [0.4, 0.5) is 13.2 Å². The maximum absolute atomic E-state index is 12.9. The van der Waals surface area contributed by atoms with Gasteiger partial charge < -0.3 is 14.5 Å². The number of sulfonamides is 1. The Morgan fingerprint density at radius 1 is 1.13 bits per heavy atom. The summed E-state index contributed by atoms with van der Waals surface area (Å²) in [5.74, 6) is -0.202. The molecule has 0 spiro atoms. The molecule has 12 heteroatoms. The molecule has 0 aromatic heterocycles. The van der Waals surface area contributed by atoms with Crippen LogP contribution in [-0.2, 0) is 30.6 Å². The highest BCUT2D eigenvalue weighted by atomic mass is 32.2. The van der Waals surface area contributed by atoms with Crippen molar-refractivity contribution in [3.05, 3.63) is 29.8 Å². The van der Waals surface area contributed by atoms with Crippen molar-refractivity contribution in [2.75, 3.05) is 46.0 Å². The number of rotatable bonds is 5. The minimum absolute atomic E-state index is 0.0676. The van der Waals surface area contributed by atoms with Crippen LogP contribution < -0.4 is 0 Å². The van der Waals surface area contributed by atoms with Crippen molar-refractivity contribution in [1.29, 1.82) is 0 Å². The first-order valence-corrected chi connectivity index (χ1v) is 10.8. The third-order valence-electron chi connectivity index (χ3n) is 4.84. The largest absolute Gasteiger partial charge is 0.416 e. The third kappa shape index (κ3) is 5.49. The number of halogens is 3. The van der Waals surface area contributed by atoms with E-state index < -0.39 is 26.7 Å². The first-order valence-electron chi connectivity index (χ1n) is 9.38. The van der Waals surface area contributed by atoms with Gasteiger partial charge in [0.05, 0.1) is 29.4 Å². The SMILES string of the molecule is O=C(CON=C1CCN(S(=O)(=O)c2cccc(C(F)(F)F)c2)CC1)N1CCOCC1. The van der Waals surface area contributed by atoms with Crippen molar-refractivity contribution in [3.63, 3.8) is 0 Å². The van der Waals surface area contributed by atoms with E-state index in [0.717, 1.165) is 22.5 Å². The summed E-state index contributed by atoms with van der Waals surface area (Å²) in [6.45, 7) is 1.89. The number of oxime groups is 1. The number of morpholine rings is 1. The highest BCUT2D eigenvalue weighted by Crippen LogP contribution is 2.31. The number of benzene rings is 1. The zero-order chi connectivity index (χ0) is 21.8. The Kier molecular flexibility index (Phi) is 6.98. The Labute approximate surface area is 172 Å². The minimum Gasteiger partial charge on any atom is -0.386 e. The number of hydrogen-bond acceptors (Lipinski definition) is 6. The summed E-state index contributed by atoms with van der Waals surface area (Å²) >= 11 is 0. The van der Waals surface area contributed by atoms with Gasteiger partial charge in [-0.15, -0.1) is 0 Å².